The first-order valence-electron chi connectivity index (χ1n) is 5.86. The zero-order chi connectivity index (χ0) is 13.0. The highest BCUT2D eigenvalue weighted by Crippen LogP contribution is 2.21. The van der Waals surface area contributed by atoms with Crippen molar-refractivity contribution in [2.24, 2.45) is 0 Å². The first-order valence-corrected chi connectivity index (χ1v) is 7.12. The van der Waals surface area contributed by atoms with Crippen LogP contribution in [0.2, 0.25) is 5.02 Å². The van der Waals surface area contributed by atoms with E-state index in [4.69, 9.17) is 17.3 Å². The van der Waals surface area contributed by atoms with Crippen molar-refractivity contribution in [3.05, 3.63) is 45.4 Å². The minimum atomic E-state index is 0.283. The molecule has 1 unspecified atom stereocenters. The summed E-state index contributed by atoms with van der Waals surface area (Å²) >= 11 is 7.65. The fourth-order valence-electron chi connectivity index (χ4n) is 1.83. The summed E-state index contributed by atoms with van der Waals surface area (Å²) in [5, 5.41) is 7.27. The number of nitrogen functional groups attached to an aromatic ring is 1. The van der Waals surface area contributed by atoms with Crippen LogP contribution in [0.15, 0.2) is 29.8 Å². The van der Waals surface area contributed by atoms with Gasteiger partial charge in [-0.05, 0) is 30.2 Å². The van der Waals surface area contributed by atoms with Gasteiger partial charge in [0.25, 0.3) is 0 Å². The third-order valence-electron chi connectivity index (χ3n) is 2.69. The molecule has 96 valence electrons. The molecule has 0 radical (unpaired) electrons. The Morgan fingerprint density at radius 3 is 2.89 bits per heavy atom. The lowest BCUT2D eigenvalue weighted by molar-refractivity contribution is 0.517. The zero-order valence-corrected chi connectivity index (χ0v) is 11.8. The molecule has 0 saturated heterocycles. The SMILES string of the molecule is CCC(NCc1cc(N)cc(Cl)c1)c1nccs1. The van der Waals surface area contributed by atoms with Crippen LogP contribution in [-0.2, 0) is 6.54 Å². The Labute approximate surface area is 116 Å². The van der Waals surface area contributed by atoms with E-state index in [1.165, 1.54) is 0 Å². The molecule has 0 amide bonds. The zero-order valence-electron chi connectivity index (χ0n) is 10.2. The Hall–Kier alpha value is -1.10. The molecule has 3 nitrogen and oxygen atoms in total. The lowest BCUT2D eigenvalue weighted by Crippen LogP contribution is -2.20. The van der Waals surface area contributed by atoms with Gasteiger partial charge in [-0.25, -0.2) is 4.98 Å². The number of rotatable bonds is 5. The fraction of sp³-hybridized carbons (Fsp3) is 0.308. The number of nitrogens with zero attached hydrogens (tertiary/aromatic N) is 1. The molecular weight excluding hydrogens is 266 g/mol. The van der Waals surface area contributed by atoms with Crippen LogP contribution < -0.4 is 11.1 Å². The van der Waals surface area contributed by atoms with Gasteiger partial charge >= 0.3 is 0 Å². The molecule has 0 fully saturated rings. The van der Waals surface area contributed by atoms with Crippen LogP contribution in [0.3, 0.4) is 0 Å². The molecule has 2 aromatic rings. The maximum atomic E-state index is 5.98. The van der Waals surface area contributed by atoms with Crippen molar-refractivity contribution in [3.63, 3.8) is 0 Å². The molecule has 2 rings (SSSR count). The standard InChI is InChI=1S/C13H16ClN3S/c1-2-12(13-16-3-4-18-13)17-8-9-5-10(14)7-11(15)6-9/h3-7,12,17H,2,8,15H2,1H3. The quantitative estimate of drug-likeness (QED) is 0.823. The lowest BCUT2D eigenvalue weighted by Gasteiger charge is -2.14. The number of thiazole rings is 1. The summed E-state index contributed by atoms with van der Waals surface area (Å²) in [7, 11) is 0. The van der Waals surface area contributed by atoms with Crippen LogP contribution >= 0.6 is 22.9 Å². The Morgan fingerprint density at radius 2 is 2.28 bits per heavy atom. The molecule has 5 heteroatoms. The average molecular weight is 282 g/mol. The van der Waals surface area contributed by atoms with Crippen molar-refractivity contribution < 1.29 is 0 Å². The highest BCUT2D eigenvalue weighted by atomic mass is 35.5. The van der Waals surface area contributed by atoms with Gasteiger partial charge in [0, 0.05) is 28.8 Å². The van der Waals surface area contributed by atoms with Crippen LogP contribution in [0.5, 0.6) is 0 Å². The summed E-state index contributed by atoms with van der Waals surface area (Å²) < 4.78 is 0. The van der Waals surface area contributed by atoms with Crippen molar-refractivity contribution in [2.75, 3.05) is 5.73 Å². The Bertz CT molecular complexity index is 479. The van der Waals surface area contributed by atoms with E-state index in [-0.39, 0.29) is 6.04 Å². The summed E-state index contributed by atoms with van der Waals surface area (Å²) in [4.78, 5) is 4.34. The fourth-order valence-corrected chi connectivity index (χ4v) is 2.89. The number of hydrogen-bond donors (Lipinski definition) is 2. The second-order valence-corrected chi connectivity index (χ2v) is 5.47. The molecule has 1 heterocycles. The van der Waals surface area contributed by atoms with Crippen LogP contribution in [-0.4, -0.2) is 4.98 Å². The van der Waals surface area contributed by atoms with E-state index in [2.05, 4.69) is 17.2 Å². The summed E-state index contributed by atoms with van der Waals surface area (Å²) in [6.45, 7) is 2.88. The molecular formula is C13H16ClN3S. The molecule has 0 spiro atoms. The molecule has 1 aromatic heterocycles. The van der Waals surface area contributed by atoms with E-state index in [0.29, 0.717) is 10.7 Å². The van der Waals surface area contributed by atoms with Gasteiger partial charge in [-0.2, -0.15) is 0 Å². The first-order chi connectivity index (χ1) is 8.69. The monoisotopic (exact) mass is 281 g/mol. The number of aromatic nitrogens is 1. The van der Waals surface area contributed by atoms with Gasteiger partial charge in [0.2, 0.25) is 0 Å². The van der Waals surface area contributed by atoms with Gasteiger partial charge in [0.05, 0.1) is 6.04 Å². The van der Waals surface area contributed by atoms with Crippen molar-refractivity contribution in [2.45, 2.75) is 25.9 Å². The number of nitrogens with one attached hydrogen (secondary N) is 1. The van der Waals surface area contributed by atoms with Crippen LogP contribution in [0, 0.1) is 0 Å². The summed E-state index contributed by atoms with van der Waals surface area (Å²) in [6.07, 6.45) is 2.84. The largest absolute Gasteiger partial charge is 0.399 e. The van der Waals surface area contributed by atoms with Crippen LogP contribution in [0.1, 0.15) is 30.0 Å². The number of anilines is 1. The molecule has 1 atom stereocenters. The van der Waals surface area contributed by atoms with E-state index < -0.39 is 0 Å². The number of nitrogens with two attached hydrogens (primary N) is 1. The molecule has 0 bridgehead atoms. The molecule has 0 saturated carbocycles. The van der Waals surface area contributed by atoms with Gasteiger partial charge in [0.1, 0.15) is 5.01 Å². The van der Waals surface area contributed by atoms with E-state index in [0.717, 1.165) is 23.5 Å². The number of hydrogen-bond acceptors (Lipinski definition) is 4. The third-order valence-corrected chi connectivity index (χ3v) is 3.80. The Balaban J connectivity index is 2.01. The predicted molar refractivity (Wildman–Crippen MR) is 77.9 cm³/mol. The lowest BCUT2D eigenvalue weighted by atomic mass is 10.1. The minimum Gasteiger partial charge on any atom is -0.399 e. The predicted octanol–water partition coefficient (Wildman–Crippen LogP) is 3.62. The smallest absolute Gasteiger partial charge is 0.109 e. The van der Waals surface area contributed by atoms with Crippen LogP contribution in [0.4, 0.5) is 5.69 Å². The molecule has 0 aliphatic rings. The van der Waals surface area contributed by atoms with E-state index >= 15 is 0 Å². The number of benzene rings is 1. The molecule has 3 N–H and O–H groups in total. The molecule has 0 aliphatic carbocycles. The van der Waals surface area contributed by atoms with Gasteiger partial charge in [-0.15, -0.1) is 11.3 Å². The second-order valence-electron chi connectivity index (χ2n) is 4.10. The highest BCUT2D eigenvalue weighted by Gasteiger charge is 2.11. The molecule has 0 aliphatic heterocycles. The summed E-state index contributed by atoms with van der Waals surface area (Å²) in [5.41, 5.74) is 7.56. The van der Waals surface area contributed by atoms with Crippen molar-refractivity contribution in [3.8, 4) is 0 Å². The average Bonchev–Trinajstić information content (AvgIpc) is 2.82. The molecule has 18 heavy (non-hydrogen) atoms. The normalized spacial score (nSPS) is 12.6. The van der Waals surface area contributed by atoms with Crippen molar-refractivity contribution in [1.82, 2.24) is 10.3 Å². The topological polar surface area (TPSA) is 50.9 Å². The van der Waals surface area contributed by atoms with Gasteiger partial charge in [-0.1, -0.05) is 18.5 Å². The van der Waals surface area contributed by atoms with Gasteiger partial charge in [-0.3, -0.25) is 0 Å². The van der Waals surface area contributed by atoms with Gasteiger partial charge in [0.15, 0.2) is 0 Å². The van der Waals surface area contributed by atoms with E-state index in [9.17, 15) is 0 Å². The maximum Gasteiger partial charge on any atom is 0.109 e. The van der Waals surface area contributed by atoms with E-state index in [1.54, 1.807) is 17.4 Å². The van der Waals surface area contributed by atoms with E-state index in [1.807, 2.05) is 23.7 Å². The van der Waals surface area contributed by atoms with Crippen molar-refractivity contribution in [1.29, 1.82) is 0 Å². The minimum absolute atomic E-state index is 0.283. The third kappa shape index (κ3) is 3.45. The van der Waals surface area contributed by atoms with Gasteiger partial charge < -0.3 is 11.1 Å². The highest BCUT2D eigenvalue weighted by molar-refractivity contribution is 7.09. The Kier molecular flexibility index (Phi) is 4.58. The second kappa shape index (κ2) is 6.18. The maximum absolute atomic E-state index is 5.98. The first kappa shape index (κ1) is 13.3. The molecule has 1 aromatic carbocycles. The van der Waals surface area contributed by atoms with Crippen molar-refractivity contribution >= 4 is 28.6 Å². The summed E-state index contributed by atoms with van der Waals surface area (Å²) in [5.74, 6) is 0. The summed E-state index contributed by atoms with van der Waals surface area (Å²) in [6, 6.07) is 5.90. The van der Waals surface area contributed by atoms with Crippen LogP contribution in [0.25, 0.3) is 0 Å². The number of halogens is 1. The Morgan fingerprint density at radius 1 is 1.44 bits per heavy atom.